The zero-order valence-corrected chi connectivity index (χ0v) is 17.2. The Labute approximate surface area is 174 Å². The molecule has 0 aliphatic heterocycles. The Bertz CT molecular complexity index is 1160. The zero-order valence-electron chi connectivity index (χ0n) is 17.2. The predicted octanol–water partition coefficient (Wildman–Crippen LogP) is 3.30. The number of unbranched alkanes of at least 4 members (excludes halogenated alkanes) is 1. The Morgan fingerprint density at radius 1 is 1.00 bits per heavy atom. The van der Waals surface area contributed by atoms with Gasteiger partial charge in [-0.15, -0.1) is 10.2 Å². The number of aromatic amines is 1. The summed E-state index contributed by atoms with van der Waals surface area (Å²) in [6, 6.07) is 16.2. The molecule has 4 rings (SSSR count). The van der Waals surface area contributed by atoms with Gasteiger partial charge in [0.25, 0.3) is 0 Å². The third kappa shape index (κ3) is 3.94. The Morgan fingerprint density at radius 3 is 2.43 bits per heavy atom. The fourth-order valence-corrected chi connectivity index (χ4v) is 3.55. The van der Waals surface area contributed by atoms with Gasteiger partial charge < -0.3 is 0 Å². The average molecular weight is 403 g/mol. The van der Waals surface area contributed by atoms with Crippen LogP contribution in [0.3, 0.4) is 0 Å². The van der Waals surface area contributed by atoms with E-state index in [2.05, 4.69) is 56.9 Å². The van der Waals surface area contributed by atoms with Crippen molar-refractivity contribution in [2.24, 2.45) is 0 Å². The maximum Gasteiger partial charge on any atom is 0.346 e. The van der Waals surface area contributed by atoms with Crippen LogP contribution in [-0.4, -0.2) is 35.0 Å². The van der Waals surface area contributed by atoms with Crippen LogP contribution in [0.15, 0.2) is 53.3 Å². The highest BCUT2D eigenvalue weighted by molar-refractivity contribution is 5.80. The van der Waals surface area contributed by atoms with E-state index in [1.54, 1.807) is 9.25 Å². The minimum Gasteiger partial charge on any atom is -0.274 e. The third-order valence-corrected chi connectivity index (χ3v) is 5.17. The molecule has 154 valence electrons. The van der Waals surface area contributed by atoms with Crippen LogP contribution < -0.4 is 5.69 Å². The second-order valence-electron chi connectivity index (χ2n) is 7.18. The standard InChI is InChI=1S/C22H25N7O/c1-3-5-10-20-25-29(4-2)22(30)28(20)15-16-11-13-17(14-12-16)18-8-6-7-9-19(18)21-23-26-27-24-21/h6-9,11-14H,3-5,10,15H2,1-2H3,(H,23,24,26,27). The van der Waals surface area contributed by atoms with Gasteiger partial charge in [0, 0.05) is 18.5 Å². The van der Waals surface area contributed by atoms with E-state index in [0.29, 0.717) is 18.9 Å². The number of aryl methyl sites for hydroxylation is 2. The van der Waals surface area contributed by atoms with Crippen molar-refractivity contribution < 1.29 is 0 Å². The third-order valence-electron chi connectivity index (χ3n) is 5.17. The van der Waals surface area contributed by atoms with Crippen molar-refractivity contribution in [1.29, 1.82) is 0 Å². The summed E-state index contributed by atoms with van der Waals surface area (Å²) in [7, 11) is 0. The second kappa shape index (κ2) is 8.86. The highest BCUT2D eigenvalue weighted by Gasteiger charge is 2.14. The summed E-state index contributed by atoms with van der Waals surface area (Å²) in [5, 5.41) is 18.9. The van der Waals surface area contributed by atoms with Crippen molar-refractivity contribution in [3.8, 4) is 22.5 Å². The maximum absolute atomic E-state index is 12.7. The number of benzene rings is 2. The van der Waals surface area contributed by atoms with E-state index in [9.17, 15) is 4.79 Å². The fraction of sp³-hybridized carbons (Fsp3) is 0.318. The van der Waals surface area contributed by atoms with Gasteiger partial charge in [0.15, 0.2) is 0 Å². The van der Waals surface area contributed by atoms with Crippen molar-refractivity contribution in [3.63, 3.8) is 0 Å². The average Bonchev–Trinajstić information content (AvgIpc) is 3.42. The number of nitrogens with zero attached hydrogens (tertiary/aromatic N) is 6. The molecule has 0 radical (unpaired) electrons. The fourth-order valence-electron chi connectivity index (χ4n) is 3.55. The molecule has 0 unspecified atom stereocenters. The molecule has 4 aromatic rings. The van der Waals surface area contributed by atoms with Crippen LogP contribution in [0.25, 0.3) is 22.5 Å². The second-order valence-corrected chi connectivity index (χ2v) is 7.18. The Balaban J connectivity index is 1.62. The molecule has 2 aromatic heterocycles. The highest BCUT2D eigenvalue weighted by Crippen LogP contribution is 2.29. The van der Waals surface area contributed by atoms with Crippen molar-refractivity contribution >= 4 is 0 Å². The Morgan fingerprint density at radius 2 is 1.77 bits per heavy atom. The van der Waals surface area contributed by atoms with Gasteiger partial charge >= 0.3 is 5.69 Å². The molecule has 2 aromatic carbocycles. The van der Waals surface area contributed by atoms with Crippen molar-refractivity contribution in [1.82, 2.24) is 35.0 Å². The summed E-state index contributed by atoms with van der Waals surface area (Å²) >= 11 is 0. The first kappa shape index (κ1) is 19.8. The summed E-state index contributed by atoms with van der Waals surface area (Å²) in [6.45, 7) is 5.18. The summed E-state index contributed by atoms with van der Waals surface area (Å²) < 4.78 is 3.34. The molecule has 0 saturated carbocycles. The van der Waals surface area contributed by atoms with Gasteiger partial charge in [0.05, 0.1) is 6.54 Å². The topological polar surface area (TPSA) is 94.3 Å². The monoisotopic (exact) mass is 403 g/mol. The number of nitrogens with one attached hydrogen (secondary N) is 1. The lowest BCUT2D eigenvalue weighted by molar-refractivity contribution is 0.615. The molecule has 8 nitrogen and oxygen atoms in total. The minimum atomic E-state index is -0.0462. The number of hydrogen-bond donors (Lipinski definition) is 1. The van der Waals surface area contributed by atoms with E-state index in [4.69, 9.17) is 0 Å². The molecule has 0 aliphatic rings. The Hall–Kier alpha value is -3.55. The molecule has 0 bridgehead atoms. The maximum atomic E-state index is 12.7. The number of H-pyrrole nitrogens is 1. The lowest BCUT2D eigenvalue weighted by atomic mass is 9.98. The number of hydrogen-bond acceptors (Lipinski definition) is 5. The first-order chi connectivity index (χ1) is 14.7. The molecule has 0 fully saturated rings. The van der Waals surface area contributed by atoms with Gasteiger partial charge in [-0.3, -0.25) is 4.57 Å². The number of aromatic nitrogens is 7. The highest BCUT2D eigenvalue weighted by atomic mass is 16.2. The smallest absolute Gasteiger partial charge is 0.274 e. The molecule has 1 N–H and O–H groups in total. The Kier molecular flexibility index (Phi) is 5.83. The van der Waals surface area contributed by atoms with Crippen LogP contribution in [0.1, 0.15) is 38.1 Å². The molecule has 0 saturated heterocycles. The van der Waals surface area contributed by atoms with Crippen molar-refractivity contribution in [3.05, 3.63) is 70.4 Å². The zero-order chi connectivity index (χ0) is 20.9. The van der Waals surface area contributed by atoms with E-state index in [0.717, 1.165) is 47.3 Å². The normalized spacial score (nSPS) is 11.1. The first-order valence-electron chi connectivity index (χ1n) is 10.3. The van der Waals surface area contributed by atoms with E-state index >= 15 is 0 Å². The first-order valence-corrected chi connectivity index (χ1v) is 10.3. The summed E-state index contributed by atoms with van der Waals surface area (Å²) in [6.07, 6.45) is 2.91. The summed E-state index contributed by atoms with van der Waals surface area (Å²) in [5.74, 6) is 1.42. The molecular formula is C22H25N7O. The van der Waals surface area contributed by atoms with Crippen LogP contribution in [0.4, 0.5) is 0 Å². The SMILES string of the molecule is CCCCc1nn(CC)c(=O)n1Cc1ccc(-c2ccccc2-c2nn[nH]n2)cc1. The predicted molar refractivity (Wildman–Crippen MR) is 115 cm³/mol. The largest absolute Gasteiger partial charge is 0.346 e. The molecule has 8 heteroatoms. The van der Waals surface area contributed by atoms with Crippen LogP contribution >= 0.6 is 0 Å². The quantitative estimate of drug-likeness (QED) is 0.487. The molecule has 0 spiro atoms. The van der Waals surface area contributed by atoms with Crippen molar-refractivity contribution in [2.75, 3.05) is 0 Å². The van der Waals surface area contributed by atoms with Crippen LogP contribution in [-0.2, 0) is 19.5 Å². The van der Waals surface area contributed by atoms with Gasteiger partial charge in [0.2, 0.25) is 5.82 Å². The van der Waals surface area contributed by atoms with Crippen molar-refractivity contribution in [2.45, 2.75) is 46.2 Å². The summed E-state index contributed by atoms with van der Waals surface area (Å²) in [4.78, 5) is 12.7. The lowest BCUT2D eigenvalue weighted by Gasteiger charge is -2.09. The molecule has 0 aliphatic carbocycles. The van der Waals surface area contributed by atoms with E-state index < -0.39 is 0 Å². The minimum absolute atomic E-state index is 0.0462. The number of rotatable bonds is 8. The van der Waals surface area contributed by atoms with Crippen LogP contribution in [0.5, 0.6) is 0 Å². The van der Waals surface area contributed by atoms with Gasteiger partial charge in [0.1, 0.15) is 5.82 Å². The van der Waals surface area contributed by atoms with E-state index in [1.165, 1.54) is 0 Å². The molecule has 30 heavy (non-hydrogen) atoms. The van der Waals surface area contributed by atoms with Gasteiger partial charge in [-0.05, 0) is 35.2 Å². The number of tetrazole rings is 1. The molecule has 0 atom stereocenters. The molecule has 2 heterocycles. The van der Waals surface area contributed by atoms with Gasteiger partial charge in [-0.25, -0.2) is 9.48 Å². The van der Waals surface area contributed by atoms with Crippen LogP contribution in [0.2, 0.25) is 0 Å². The van der Waals surface area contributed by atoms with Gasteiger partial charge in [-0.2, -0.15) is 10.3 Å². The lowest BCUT2D eigenvalue weighted by Crippen LogP contribution is -2.25. The summed E-state index contributed by atoms with van der Waals surface area (Å²) in [5.41, 5.74) is 4.02. The van der Waals surface area contributed by atoms with E-state index in [-0.39, 0.29) is 5.69 Å². The molecule has 0 amide bonds. The van der Waals surface area contributed by atoms with E-state index in [1.807, 2.05) is 31.2 Å². The molecular weight excluding hydrogens is 378 g/mol. The van der Waals surface area contributed by atoms with Gasteiger partial charge in [-0.1, -0.05) is 61.9 Å². The van der Waals surface area contributed by atoms with Crippen LogP contribution in [0, 0.1) is 0 Å².